The monoisotopic (exact) mass is 430 g/mol. The average Bonchev–Trinajstić information content (AvgIpc) is 3.21. The molecule has 31 heavy (non-hydrogen) atoms. The molecule has 1 heterocycles. The highest BCUT2D eigenvalue weighted by molar-refractivity contribution is 8.00. The Morgan fingerprint density at radius 3 is 2.06 bits per heavy atom. The maximum Gasteiger partial charge on any atom is 0.255 e. The van der Waals surface area contributed by atoms with Crippen LogP contribution in [-0.4, -0.2) is 17.6 Å². The lowest BCUT2D eigenvalue weighted by Gasteiger charge is -2.24. The van der Waals surface area contributed by atoms with E-state index < -0.39 is 0 Å². The molecule has 1 aliphatic heterocycles. The first-order chi connectivity index (χ1) is 15.1. The van der Waals surface area contributed by atoms with Crippen molar-refractivity contribution >= 4 is 35.0 Å². The van der Waals surface area contributed by atoms with Crippen LogP contribution in [0, 0.1) is 0 Å². The van der Waals surface area contributed by atoms with Crippen LogP contribution >= 0.6 is 11.8 Å². The second-order valence-electron chi connectivity index (χ2n) is 7.57. The maximum atomic E-state index is 12.6. The molecule has 3 aromatic carbocycles. The number of hydrogen-bond acceptors (Lipinski definition) is 3. The Kier molecular flexibility index (Phi) is 6.42. The van der Waals surface area contributed by atoms with E-state index in [1.807, 2.05) is 65.6 Å². The van der Waals surface area contributed by atoms with Crippen molar-refractivity contribution in [3.63, 3.8) is 0 Å². The zero-order valence-corrected chi connectivity index (χ0v) is 18.6. The number of anilines is 2. The highest BCUT2D eigenvalue weighted by Crippen LogP contribution is 2.42. The van der Waals surface area contributed by atoms with Crippen molar-refractivity contribution in [3.8, 4) is 0 Å². The molecule has 158 valence electrons. The lowest BCUT2D eigenvalue weighted by Crippen LogP contribution is -2.27. The molecule has 1 atom stereocenters. The molecule has 0 bridgehead atoms. The summed E-state index contributed by atoms with van der Waals surface area (Å²) in [6.45, 7) is 4.21. The van der Waals surface area contributed by atoms with Crippen LogP contribution < -0.4 is 10.2 Å². The second-order valence-corrected chi connectivity index (χ2v) is 8.64. The first kappa shape index (κ1) is 21.2. The molecule has 0 saturated carbocycles. The largest absolute Gasteiger partial charge is 0.322 e. The third-order valence-corrected chi connectivity index (χ3v) is 6.78. The molecule has 4 rings (SSSR count). The van der Waals surface area contributed by atoms with Gasteiger partial charge in [-0.1, -0.05) is 50.2 Å². The number of thioether (sulfide) groups is 1. The third-order valence-electron chi connectivity index (χ3n) is 5.57. The topological polar surface area (TPSA) is 49.4 Å². The molecule has 1 saturated heterocycles. The van der Waals surface area contributed by atoms with Gasteiger partial charge in [-0.2, -0.15) is 0 Å². The summed E-state index contributed by atoms with van der Waals surface area (Å²) in [5, 5.41) is 2.89. The van der Waals surface area contributed by atoms with Crippen LogP contribution in [0.15, 0.2) is 72.8 Å². The smallest absolute Gasteiger partial charge is 0.255 e. The summed E-state index contributed by atoms with van der Waals surface area (Å²) >= 11 is 1.63. The molecule has 3 aromatic rings. The SMILES string of the molecule is CCc1ccc(C(=O)Nc2ccc([C@H]3SCC(=O)N3c3ccc(CC)cc3)cc2)cc1. The zero-order chi connectivity index (χ0) is 21.8. The van der Waals surface area contributed by atoms with Crippen molar-refractivity contribution in [2.24, 2.45) is 0 Å². The van der Waals surface area contributed by atoms with Crippen molar-refractivity contribution in [1.29, 1.82) is 0 Å². The van der Waals surface area contributed by atoms with Crippen LogP contribution in [0.4, 0.5) is 11.4 Å². The molecule has 1 aliphatic rings. The van der Waals surface area contributed by atoms with Crippen LogP contribution in [0.25, 0.3) is 0 Å². The summed E-state index contributed by atoms with van der Waals surface area (Å²) in [4.78, 5) is 27.0. The Balaban J connectivity index is 1.48. The van der Waals surface area contributed by atoms with Gasteiger partial charge in [-0.3, -0.25) is 14.5 Å². The third kappa shape index (κ3) is 4.67. The molecule has 0 aromatic heterocycles. The standard InChI is InChI=1S/C26H26N2O2S/c1-3-18-5-9-20(10-6-18)25(30)27-22-13-11-21(12-14-22)26-28(24(29)17-31-26)23-15-7-19(4-2)8-16-23/h5-16,26H,3-4,17H2,1-2H3,(H,27,30)/t26-/m1/s1. The lowest BCUT2D eigenvalue weighted by atomic mass is 10.1. The van der Waals surface area contributed by atoms with Crippen molar-refractivity contribution < 1.29 is 9.59 Å². The van der Waals surface area contributed by atoms with E-state index >= 15 is 0 Å². The van der Waals surface area contributed by atoms with E-state index in [4.69, 9.17) is 0 Å². The van der Waals surface area contributed by atoms with Gasteiger partial charge in [0.15, 0.2) is 0 Å². The van der Waals surface area contributed by atoms with Crippen molar-refractivity contribution in [1.82, 2.24) is 0 Å². The van der Waals surface area contributed by atoms with Crippen molar-refractivity contribution in [3.05, 3.63) is 95.1 Å². The van der Waals surface area contributed by atoms with E-state index in [9.17, 15) is 9.59 Å². The number of carbonyl (C=O) groups is 2. The first-order valence-corrected chi connectivity index (χ1v) is 11.7. The average molecular weight is 431 g/mol. The number of amides is 2. The van der Waals surface area contributed by atoms with Gasteiger partial charge >= 0.3 is 0 Å². The van der Waals surface area contributed by atoms with Gasteiger partial charge in [-0.05, 0) is 65.9 Å². The Bertz CT molecular complexity index is 1060. The fraction of sp³-hybridized carbons (Fsp3) is 0.231. The summed E-state index contributed by atoms with van der Waals surface area (Å²) in [5.41, 5.74) is 5.80. The minimum Gasteiger partial charge on any atom is -0.322 e. The number of benzene rings is 3. The van der Waals surface area contributed by atoms with Crippen LogP contribution in [0.2, 0.25) is 0 Å². The van der Waals surface area contributed by atoms with E-state index in [0.29, 0.717) is 11.3 Å². The Morgan fingerprint density at radius 2 is 1.48 bits per heavy atom. The van der Waals surface area contributed by atoms with Gasteiger partial charge in [-0.25, -0.2) is 0 Å². The first-order valence-electron chi connectivity index (χ1n) is 10.6. The fourth-order valence-corrected chi connectivity index (χ4v) is 4.85. The summed E-state index contributed by atoms with van der Waals surface area (Å²) in [6.07, 6.45) is 1.92. The van der Waals surface area contributed by atoms with Crippen LogP contribution in [-0.2, 0) is 17.6 Å². The Hall–Kier alpha value is -3.05. The Morgan fingerprint density at radius 1 is 0.903 bits per heavy atom. The van der Waals surface area contributed by atoms with E-state index in [0.717, 1.165) is 29.8 Å². The van der Waals surface area contributed by atoms with E-state index in [1.54, 1.807) is 11.8 Å². The predicted molar refractivity (Wildman–Crippen MR) is 129 cm³/mol. The molecule has 0 unspecified atom stereocenters. The number of carbonyl (C=O) groups excluding carboxylic acids is 2. The second kappa shape index (κ2) is 9.40. The quantitative estimate of drug-likeness (QED) is 0.534. The minimum absolute atomic E-state index is 0.0636. The van der Waals surface area contributed by atoms with Crippen molar-refractivity contribution in [2.45, 2.75) is 32.1 Å². The lowest BCUT2D eigenvalue weighted by molar-refractivity contribution is -0.115. The van der Waals surface area contributed by atoms with E-state index in [2.05, 4.69) is 31.3 Å². The molecule has 1 fully saturated rings. The van der Waals surface area contributed by atoms with E-state index in [-0.39, 0.29) is 17.2 Å². The predicted octanol–water partition coefficient (Wildman–Crippen LogP) is 5.84. The van der Waals surface area contributed by atoms with Crippen LogP contribution in [0.3, 0.4) is 0 Å². The molecule has 2 amide bonds. The normalized spacial score (nSPS) is 15.9. The molecular formula is C26H26N2O2S. The number of nitrogens with one attached hydrogen (secondary N) is 1. The van der Waals surface area contributed by atoms with Gasteiger partial charge in [0.05, 0.1) is 5.75 Å². The molecular weight excluding hydrogens is 404 g/mol. The molecule has 1 N–H and O–H groups in total. The van der Waals surface area contributed by atoms with Crippen LogP contribution in [0.1, 0.15) is 46.3 Å². The zero-order valence-electron chi connectivity index (χ0n) is 17.8. The summed E-state index contributed by atoms with van der Waals surface area (Å²) in [6, 6.07) is 23.6. The fourth-order valence-electron chi connectivity index (χ4n) is 3.67. The maximum absolute atomic E-state index is 12.6. The number of aryl methyl sites for hydroxylation is 2. The number of nitrogens with zero attached hydrogens (tertiary/aromatic N) is 1. The van der Waals surface area contributed by atoms with Gasteiger partial charge < -0.3 is 5.32 Å². The van der Waals surface area contributed by atoms with Gasteiger partial charge in [0.25, 0.3) is 5.91 Å². The molecule has 4 nitrogen and oxygen atoms in total. The number of hydrogen-bond donors (Lipinski definition) is 1. The highest BCUT2D eigenvalue weighted by atomic mass is 32.2. The van der Waals surface area contributed by atoms with Gasteiger partial charge in [-0.15, -0.1) is 11.8 Å². The summed E-state index contributed by atoms with van der Waals surface area (Å²) in [5.74, 6) is 0.456. The number of rotatable bonds is 6. The van der Waals surface area contributed by atoms with Gasteiger partial charge in [0, 0.05) is 16.9 Å². The molecule has 0 radical (unpaired) electrons. The van der Waals surface area contributed by atoms with Gasteiger partial charge in [0.2, 0.25) is 5.91 Å². The van der Waals surface area contributed by atoms with Gasteiger partial charge in [0.1, 0.15) is 5.37 Å². The Labute approximate surface area is 187 Å². The summed E-state index contributed by atoms with van der Waals surface area (Å²) in [7, 11) is 0. The molecule has 0 aliphatic carbocycles. The molecule has 5 heteroatoms. The molecule has 0 spiro atoms. The minimum atomic E-state index is -0.126. The summed E-state index contributed by atoms with van der Waals surface area (Å²) < 4.78 is 0. The van der Waals surface area contributed by atoms with E-state index in [1.165, 1.54) is 11.1 Å². The van der Waals surface area contributed by atoms with Crippen molar-refractivity contribution in [2.75, 3.05) is 16.0 Å². The van der Waals surface area contributed by atoms with Crippen LogP contribution in [0.5, 0.6) is 0 Å². The highest BCUT2D eigenvalue weighted by Gasteiger charge is 2.33.